The first-order valence-electron chi connectivity index (χ1n) is 10.1. The second kappa shape index (κ2) is 8.82. The van der Waals surface area contributed by atoms with Crippen LogP contribution in [-0.2, 0) is 14.4 Å². The highest BCUT2D eigenvalue weighted by molar-refractivity contribution is 6.05. The summed E-state index contributed by atoms with van der Waals surface area (Å²) in [5.74, 6) is -3.84. The summed E-state index contributed by atoms with van der Waals surface area (Å²) in [6.07, 6.45) is 0.311. The van der Waals surface area contributed by atoms with Crippen LogP contribution in [0.5, 0.6) is 0 Å². The molecule has 0 bridgehead atoms. The molecule has 1 atom stereocenters. The van der Waals surface area contributed by atoms with Crippen molar-refractivity contribution in [2.24, 2.45) is 5.16 Å². The Labute approximate surface area is 188 Å². The Balaban J connectivity index is 1.54. The number of oxime groups is 1. The van der Waals surface area contributed by atoms with Gasteiger partial charge in [-0.2, -0.15) is 0 Å². The van der Waals surface area contributed by atoms with Crippen molar-refractivity contribution in [1.29, 1.82) is 0 Å². The van der Waals surface area contributed by atoms with Crippen molar-refractivity contribution in [2.75, 3.05) is 5.32 Å². The Morgan fingerprint density at radius 2 is 1.76 bits per heavy atom. The zero-order chi connectivity index (χ0) is 23.6. The van der Waals surface area contributed by atoms with Gasteiger partial charge in [-0.3, -0.25) is 9.59 Å². The van der Waals surface area contributed by atoms with Gasteiger partial charge in [0.1, 0.15) is 17.2 Å². The van der Waals surface area contributed by atoms with Gasteiger partial charge in [0.15, 0.2) is 0 Å². The first-order valence-corrected chi connectivity index (χ1v) is 10.1. The molecule has 0 aliphatic carbocycles. The lowest BCUT2D eigenvalue weighted by Crippen LogP contribution is -2.28. The van der Waals surface area contributed by atoms with Gasteiger partial charge in [0.2, 0.25) is 0 Å². The Morgan fingerprint density at radius 1 is 1.09 bits per heavy atom. The molecule has 1 amide bonds. The fourth-order valence-corrected chi connectivity index (χ4v) is 3.59. The highest BCUT2D eigenvalue weighted by Crippen LogP contribution is 2.31. The van der Waals surface area contributed by atoms with Crippen molar-refractivity contribution < 1.29 is 27.9 Å². The smallest absolute Gasteiger partial charge is 0.296 e. The van der Waals surface area contributed by atoms with E-state index < -0.39 is 28.9 Å². The molecule has 0 aromatic heterocycles. The minimum atomic E-state index is -1.13. The van der Waals surface area contributed by atoms with Crippen LogP contribution in [0, 0.1) is 18.6 Å². The molecule has 0 saturated carbocycles. The Bertz CT molecular complexity index is 1240. The number of ether oxygens (including phenoxy) is 1. The summed E-state index contributed by atoms with van der Waals surface area (Å²) in [6.45, 7) is 3.93. The molecule has 0 saturated heterocycles. The molecular weight excluding hydrogens is 430 g/mol. The first-order chi connectivity index (χ1) is 15.8. The fourth-order valence-electron chi connectivity index (χ4n) is 3.59. The molecule has 4 rings (SSSR count). The van der Waals surface area contributed by atoms with Crippen LogP contribution in [0.4, 0.5) is 14.5 Å². The second-order valence-electron chi connectivity index (χ2n) is 7.81. The van der Waals surface area contributed by atoms with E-state index in [1.54, 1.807) is 31.2 Å². The molecule has 1 heterocycles. The lowest BCUT2D eigenvalue weighted by molar-refractivity contribution is -0.200. The van der Waals surface area contributed by atoms with Gasteiger partial charge in [-0.05, 0) is 53.9 Å². The van der Waals surface area contributed by atoms with E-state index in [0.717, 1.165) is 34.4 Å². The lowest BCUT2D eigenvalue weighted by Gasteiger charge is -2.18. The number of aryl methyl sites for hydroxylation is 1. The molecule has 1 aliphatic heterocycles. The van der Waals surface area contributed by atoms with Crippen LogP contribution >= 0.6 is 0 Å². The van der Waals surface area contributed by atoms with Gasteiger partial charge in [-0.25, -0.2) is 8.78 Å². The van der Waals surface area contributed by atoms with Crippen LogP contribution in [0.1, 0.15) is 34.8 Å². The number of benzene rings is 3. The summed E-state index contributed by atoms with van der Waals surface area (Å²) < 4.78 is 32.7. The molecule has 1 aliphatic rings. The third-order valence-corrected chi connectivity index (χ3v) is 5.35. The van der Waals surface area contributed by atoms with Crippen molar-refractivity contribution in [1.82, 2.24) is 0 Å². The van der Waals surface area contributed by atoms with Gasteiger partial charge in [-0.1, -0.05) is 35.5 Å². The van der Waals surface area contributed by atoms with Crippen molar-refractivity contribution >= 4 is 23.8 Å². The number of nitrogens with zero attached hydrogens (tertiary/aromatic N) is 1. The van der Waals surface area contributed by atoms with E-state index in [9.17, 15) is 18.4 Å². The Hall–Kier alpha value is -4.07. The SMILES string of the molecule is Cc1ccc(C2=NOC(C)(OC=O)C2)cc1-c1ccc(NC(=O)c2c(F)cccc2F)cc1. The van der Waals surface area contributed by atoms with Crippen molar-refractivity contribution in [3.63, 3.8) is 0 Å². The molecule has 168 valence electrons. The van der Waals surface area contributed by atoms with E-state index >= 15 is 0 Å². The zero-order valence-electron chi connectivity index (χ0n) is 17.9. The number of hydrogen-bond donors (Lipinski definition) is 1. The standard InChI is InChI=1S/C25H20F2N2O4/c1-15-6-7-17(22-13-25(2,32-14-30)33-29-22)12-19(15)16-8-10-18(11-9-16)28-24(31)23-20(26)4-3-5-21(23)27/h3-12,14H,13H2,1-2H3,(H,28,31). The van der Waals surface area contributed by atoms with Gasteiger partial charge >= 0.3 is 0 Å². The minimum Gasteiger partial charge on any atom is -0.423 e. The van der Waals surface area contributed by atoms with Crippen LogP contribution in [0.25, 0.3) is 11.1 Å². The van der Waals surface area contributed by atoms with Crippen LogP contribution in [-0.4, -0.2) is 23.9 Å². The lowest BCUT2D eigenvalue weighted by atomic mass is 9.95. The van der Waals surface area contributed by atoms with E-state index in [2.05, 4.69) is 10.5 Å². The van der Waals surface area contributed by atoms with E-state index in [0.29, 0.717) is 24.3 Å². The highest BCUT2D eigenvalue weighted by Gasteiger charge is 2.36. The third-order valence-electron chi connectivity index (χ3n) is 5.35. The molecule has 1 unspecified atom stereocenters. The number of carbonyl (C=O) groups excluding carboxylic acids is 2. The predicted octanol–water partition coefficient (Wildman–Crippen LogP) is 5.21. The summed E-state index contributed by atoms with van der Waals surface area (Å²) >= 11 is 0. The molecule has 1 N–H and O–H groups in total. The van der Waals surface area contributed by atoms with Gasteiger partial charge in [-0.15, -0.1) is 0 Å². The van der Waals surface area contributed by atoms with E-state index in [1.165, 1.54) is 6.07 Å². The third kappa shape index (κ3) is 4.59. The van der Waals surface area contributed by atoms with Gasteiger partial charge in [0.25, 0.3) is 18.2 Å². The van der Waals surface area contributed by atoms with Crippen molar-refractivity contribution in [3.8, 4) is 11.1 Å². The zero-order valence-corrected chi connectivity index (χ0v) is 17.9. The molecule has 0 spiro atoms. The Kier molecular flexibility index (Phi) is 5.91. The summed E-state index contributed by atoms with van der Waals surface area (Å²) in [7, 11) is 0. The molecule has 6 nitrogen and oxygen atoms in total. The Morgan fingerprint density at radius 3 is 2.42 bits per heavy atom. The maximum Gasteiger partial charge on any atom is 0.296 e. The number of nitrogens with one attached hydrogen (secondary N) is 1. The number of carbonyl (C=O) groups is 2. The molecule has 33 heavy (non-hydrogen) atoms. The second-order valence-corrected chi connectivity index (χ2v) is 7.81. The van der Waals surface area contributed by atoms with Crippen LogP contribution in [0.2, 0.25) is 0 Å². The monoisotopic (exact) mass is 450 g/mol. The topological polar surface area (TPSA) is 77.0 Å². The average Bonchev–Trinajstić information content (AvgIpc) is 3.16. The average molecular weight is 450 g/mol. The largest absolute Gasteiger partial charge is 0.423 e. The van der Waals surface area contributed by atoms with Gasteiger partial charge < -0.3 is 14.9 Å². The number of amides is 1. The van der Waals surface area contributed by atoms with E-state index in [4.69, 9.17) is 9.57 Å². The molecule has 3 aromatic carbocycles. The molecule has 0 radical (unpaired) electrons. The van der Waals surface area contributed by atoms with Crippen molar-refractivity contribution in [2.45, 2.75) is 26.1 Å². The van der Waals surface area contributed by atoms with Crippen LogP contribution < -0.4 is 5.32 Å². The molecule has 3 aromatic rings. The fraction of sp³-hybridized carbons (Fsp3) is 0.160. The van der Waals surface area contributed by atoms with Crippen LogP contribution in [0.3, 0.4) is 0 Å². The molecule has 0 fully saturated rings. The predicted molar refractivity (Wildman–Crippen MR) is 119 cm³/mol. The van der Waals surface area contributed by atoms with Crippen molar-refractivity contribution in [3.05, 3.63) is 89.0 Å². The molecule has 8 heteroatoms. The first kappa shape index (κ1) is 22.1. The molecular formula is C25H20F2N2O4. The number of hydrogen-bond acceptors (Lipinski definition) is 5. The van der Waals surface area contributed by atoms with Crippen LogP contribution in [0.15, 0.2) is 65.8 Å². The van der Waals surface area contributed by atoms with Gasteiger partial charge in [0, 0.05) is 18.2 Å². The summed E-state index contributed by atoms with van der Waals surface area (Å²) in [4.78, 5) is 28.3. The summed E-state index contributed by atoms with van der Waals surface area (Å²) in [5, 5.41) is 6.57. The van der Waals surface area contributed by atoms with E-state index in [1.807, 2.05) is 25.1 Å². The highest BCUT2D eigenvalue weighted by atomic mass is 19.1. The maximum atomic E-state index is 13.8. The summed E-state index contributed by atoms with van der Waals surface area (Å²) in [5.41, 5.74) is 4.05. The van der Waals surface area contributed by atoms with Gasteiger partial charge in [0.05, 0.1) is 12.1 Å². The minimum absolute atomic E-state index is 0.311. The number of rotatable bonds is 6. The van der Waals surface area contributed by atoms with E-state index in [-0.39, 0.29) is 0 Å². The number of halogens is 2. The quantitative estimate of drug-likeness (QED) is 0.524. The maximum absolute atomic E-state index is 13.8. The summed E-state index contributed by atoms with van der Waals surface area (Å²) in [6, 6.07) is 16.0. The normalized spacial score (nSPS) is 17.2. The number of anilines is 1.